The number of hydrogen-bond donors (Lipinski definition) is 0. The van der Waals surface area contributed by atoms with Crippen LogP contribution in [-0.4, -0.2) is 34.9 Å². The topological polar surface area (TPSA) is 71.5 Å². The molecule has 0 atom stereocenters. The number of halogens is 4. The van der Waals surface area contributed by atoms with E-state index in [4.69, 9.17) is 0 Å². The lowest BCUT2D eigenvalue weighted by Gasteiger charge is -2.21. The van der Waals surface area contributed by atoms with Crippen LogP contribution in [0.15, 0.2) is 23.1 Å². The first kappa shape index (κ1) is 18.8. The van der Waals surface area contributed by atoms with E-state index >= 15 is 0 Å². The molecule has 0 fully saturated rings. The minimum absolute atomic E-state index is 0.0673. The number of anilines is 1. The van der Waals surface area contributed by atoms with Crippen LogP contribution in [-0.2, 0) is 20.0 Å². The van der Waals surface area contributed by atoms with E-state index in [1.165, 1.54) is 0 Å². The van der Waals surface area contributed by atoms with Gasteiger partial charge in [-0.1, -0.05) is 0 Å². The minimum Gasteiger partial charge on any atom is -0.206 e. The fourth-order valence-corrected chi connectivity index (χ4v) is 6.31. The van der Waals surface area contributed by atoms with Crippen molar-refractivity contribution >= 4 is 60.1 Å². The molecule has 0 heterocycles. The quantitative estimate of drug-likeness (QED) is 0.495. The van der Waals surface area contributed by atoms with E-state index in [-0.39, 0.29) is 29.6 Å². The minimum atomic E-state index is -4.49. The largest absolute Gasteiger partial charge is 0.446 e. The van der Waals surface area contributed by atoms with Crippen molar-refractivity contribution in [3.63, 3.8) is 0 Å². The third-order valence-electron chi connectivity index (χ3n) is 1.95. The van der Waals surface area contributed by atoms with Crippen molar-refractivity contribution in [2.45, 2.75) is 10.4 Å². The summed E-state index contributed by atoms with van der Waals surface area (Å²) in [6, 6.07) is 3.11. The predicted octanol–water partition coefficient (Wildman–Crippen LogP) is 2.63. The molecule has 0 amide bonds. The number of hydrogen-bond acceptors (Lipinski definition) is 5. The molecule has 5 nitrogen and oxygen atoms in total. The Kier molecular flexibility index (Phi) is 5.49. The molecule has 1 aromatic rings. The molecule has 1 rings (SSSR count). The first-order valence-corrected chi connectivity index (χ1v) is 10.6. The van der Waals surface area contributed by atoms with Crippen LogP contribution in [0.2, 0.25) is 0 Å². The SMILES string of the molecule is CS(=O)(=O)N(c1ccc(SC(F)(F)F)cc1I)S(C)(=O)=O. The summed E-state index contributed by atoms with van der Waals surface area (Å²) < 4.78 is 83.5. The molecule has 0 saturated carbocycles. The molecule has 0 aliphatic carbocycles. The molecule has 0 aromatic heterocycles. The summed E-state index contributed by atoms with van der Waals surface area (Å²) >= 11 is 1.21. The lowest BCUT2D eigenvalue weighted by atomic mass is 10.3. The average molecular weight is 475 g/mol. The number of benzene rings is 1. The Morgan fingerprint density at radius 1 is 1.10 bits per heavy atom. The van der Waals surface area contributed by atoms with Crippen LogP contribution in [0.3, 0.4) is 0 Å². The van der Waals surface area contributed by atoms with E-state index in [1.54, 1.807) is 22.6 Å². The maximum Gasteiger partial charge on any atom is 0.446 e. The second-order valence-electron chi connectivity index (χ2n) is 3.88. The maximum absolute atomic E-state index is 12.3. The lowest BCUT2D eigenvalue weighted by molar-refractivity contribution is -0.0328. The highest BCUT2D eigenvalue weighted by Crippen LogP contribution is 2.39. The summed E-state index contributed by atoms with van der Waals surface area (Å²) in [6.45, 7) is 0. The third-order valence-corrected chi connectivity index (χ3v) is 6.76. The van der Waals surface area contributed by atoms with Gasteiger partial charge in [-0.15, -0.1) is 0 Å². The zero-order chi connectivity index (χ0) is 16.6. The molecular formula is C9H9F3INO4S3. The van der Waals surface area contributed by atoms with Gasteiger partial charge in [0.15, 0.2) is 0 Å². The van der Waals surface area contributed by atoms with Gasteiger partial charge in [0.25, 0.3) is 0 Å². The van der Waals surface area contributed by atoms with Crippen molar-refractivity contribution in [1.82, 2.24) is 0 Å². The molecule has 1 aromatic carbocycles. The van der Waals surface area contributed by atoms with Gasteiger partial charge >= 0.3 is 5.51 Å². The van der Waals surface area contributed by atoms with Gasteiger partial charge in [-0.2, -0.15) is 16.9 Å². The van der Waals surface area contributed by atoms with Gasteiger partial charge in [0.1, 0.15) is 0 Å². The van der Waals surface area contributed by atoms with Crippen molar-refractivity contribution in [3.05, 3.63) is 21.8 Å². The van der Waals surface area contributed by atoms with Crippen LogP contribution < -0.4 is 3.71 Å². The van der Waals surface area contributed by atoms with Gasteiger partial charge in [0, 0.05) is 8.47 Å². The molecule has 0 N–H and O–H groups in total. The summed E-state index contributed by atoms with van der Waals surface area (Å²) in [5.41, 5.74) is -4.70. The zero-order valence-corrected chi connectivity index (χ0v) is 15.2. The molecule has 0 saturated heterocycles. The fourth-order valence-electron chi connectivity index (χ4n) is 1.44. The number of rotatable bonds is 4. The van der Waals surface area contributed by atoms with Gasteiger partial charge < -0.3 is 0 Å². The molecule has 0 spiro atoms. The van der Waals surface area contributed by atoms with E-state index < -0.39 is 25.6 Å². The number of thioether (sulfide) groups is 1. The van der Waals surface area contributed by atoms with Crippen molar-refractivity contribution in [1.29, 1.82) is 0 Å². The number of alkyl halides is 3. The summed E-state index contributed by atoms with van der Waals surface area (Å²) in [5.74, 6) is 0. The highest BCUT2D eigenvalue weighted by atomic mass is 127. The van der Waals surface area contributed by atoms with E-state index in [1.807, 2.05) is 0 Å². The highest BCUT2D eigenvalue weighted by molar-refractivity contribution is 14.1. The van der Waals surface area contributed by atoms with Gasteiger partial charge in [0.05, 0.1) is 18.2 Å². The summed E-state index contributed by atoms with van der Waals surface area (Å²) in [4.78, 5) is -0.169. The molecule has 120 valence electrons. The van der Waals surface area contributed by atoms with Gasteiger partial charge in [0.2, 0.25) is 20.0 Å². The normalized spacial score (nSPS) is 13.2. The van der Waals surface area contributed by atoms with Gasteiger partial charge in [-0.25, -0.2) is 16.8 Å². The molecule has 0 unspecified atom stereocenters. The van der Waals surface area contributed by atoms with E-state index in [9.17, 15) is 30.0 Å². The Morgan fingerprint density at radius 3 is 1.90 bits per heavy atom. The molecule has 12 heteroatoms. The predicted molar refractivity (Wildman–Crippen MR) is 83.2 cm³/mol. The summed E-state index contributed by atoms with van der Waals surface area (Å²) in [7, 11) is -8.27. The van der Waals surface area contributed by atoms with E-state index in [2.05, 4.69) is 0 Å². The number of nitrogens with zero attached hydrogens (tertiary/aromatic N) is 1. The van der Waals surface area contributed by atoms with E-state index in [0.29, 0.717) is 12.5 Å². The molecule has 0 aliphatic rings. The van der Waals surface area contributed by atoms with Gasteiger partial charge in [-0.3, -0.25) is 0 Å². The standard InChI is InChI=1S/C9H9F3INO4S3/c1-20(15,16)14(21(2,17)18)8-4-3-6(5-7(8)13)19-9(10,11)12/h3-5H,1-2H3. The Bertz CT molecular complexity index is 714. The second-order valence-corrected chi connectivity index (χ2v) is 10.1. The van der Waals surface area contributed by atoms with E-state index in [0.717, 1.165) is 18.2 Å². The second kappa shape index (κ2) is 6.12. The van der Waals surface area contributed by atoms with Crippen molar-refractivity contribution in [2.24, 2.45) is 0 Å². The molecule has 0 bridgehead atoms. The van der Waals surface area contributed by atoms with Crippen LogP contribution in [0, 0.1) is 3.57 Å². The molecule has 0 radical (unpaired) electrons. The monoisotopic (exact) mass is 475 g/mol. The first-order chi connectivity index (χ1) is 9.22. The first-order valence-electron chi connectivity index (χ1n) is 4.97. The van der Waals surface area contributed by atoms with Crippen LogP contribution in [0.5, 0.6) is 0 Å². The third kappa shape index (κ3) is 5.49. The van der Waals surface area contributed by atoms with Crippen LogP contribution >= 0.6 is 34.4 Å². The average Bonchev–Trinajstić information content (AvgIpc) is 2.15. The lowest BCUT2D eigenvalue weighted by Crippen LogP contribution is -2.35. The fraction of sp³-hybridized carbons (Fsp3) is 0.333. The molecule has 0 aliphatic heterocycles. The maximum atomic E-state index is 12.3. The Hall–Kier alpha value is -0.210. The highest BCUT2D eigenvalue weighted by Gasteiger charge is 2.32. The van der Waals surface area contributed by atoms with Crippen LogP contribution in [0.1, 0.15) is 0 Å². The van der Waals surface area contributed by atoms with Gasteiger partial charge in [-0.05, 0) is 52.6 Å². The Morgan fingerprint density at radius 2 is 1.57 bits per heavy atom. The Balaban J connectivity index is 3.38. The smallest absolute Gasteiger partial charge is 0.206 e. The van der Waals surface area contributed by atoms with Crippen LogP contribution in [0.25, 0.3) is 0 Å². The summed E-state index contributed by atoms with van der Waals surface area (Å²) in [6.07, 6.45) is 1.39. The van der Waals surface area contributed by atoms with Crippen molar-refractivity contribution in [3.8, 4) is 0 Å². The molecular weight excluding hydrogens is 466 g/mol. The summed E-state index contributed by atoms with van der Waals surface area (Å²) in [5, 5.41) is 0. The zero-order valence-electron chi connectivity index (χ0n) is 10.5. The Labute approximate surface area is 138 Å². The number of sulfonamides is 2. The van der Waals surface area contributed by atoms with Crippen LogP contribution in [0.4, 0.5) is 18.9 Å². The van der Waals surface area contributed by atoms with Crippen molar-refractivity contribution < 1.29 is 30.0 Å². The molecule has 21 heavy (non-hydrogen) atoms. The van der Waals surface area contributed by atoms with Crippen molar-refractivity contribution in [2.75, 3.05) is 16.2 Å².